The summed E-state index contributed by atoms with van der Waals surface area (Å²) in [5.74, 6) is 1.36. The molecule has 3 aromatic rings. The van der Waals surface area contributed by atoms with E-state index in [2.05, 4.69) is 28.8 Å². The van der Waals surface area contributed by atoms with Crippen LogP contribution in [-0.4, -0.2) is 26.7 Å². The highest BCUT2D eigenvalue weighted by Crippen LogP contribution is 2.29. The summed E-state index contributed by atoms with van der Waals surface area (Å²) >= 11 is 1.67. The molecular weight excluding hydrogens is 384 g/mol. The molecule has 0 aliphatic rings. The first-order chi connectivity index (χ1) is 14.1. The summed E-state index contributed by atoms with van der Waals surface area (Å²) in [4.78, 5) is 13.8. The van der Waals surface area contributed by atoms with Crippen molar-refractivity contribution in [2.45, 2.75) is 19.0 Å². The highest BCUT2D eigenvalue weighted by molar-refractivity contribution is 7.10. The van der Waals surface area contributed by atoms with Crippen LogP contribution in [0, 0.1) is 0 Å². The average Bonchev–Trinajstić information content (AvgIpc) is 3.28. The van der Waals surface area contributed by atoms with Crippen molar-refractivity contribution in [1.82, 2.24) is 10.6 Å². The number of amides is 1. The van der Waals surface area contributed by atoms with Gasteiger partial charge in [-0.1, -0.05) is 36.4 Å². The van der Waals surface area contributed by atoms with Gasteiger partial charge in [0.15, 0.2) is 0 Å². The van der Waals surface area contributed by atoms with E-state index in [1.54, 1.807) is 25.6 Å². The van der Waals surface area contributed by atoms with Crippen molar-refractivity contribution in [3.63, 3.8) is 0 Å². The molecule has 1 heterocycles. The van der Waals surface area contributed by atoms with Crippen LogP contribution in [0.1, 0.15) is 35.0 Å². The molecule has 152 valence electrons. The molecule has 3 rings (SSSR count). The lowest BCUT2D eigenvalue weighted by Crippen LogP contribution is -2.37. The average molecular weight is 411 g/mol. The minimum Gasteiger partial charge on any atom is -0.497 e. The molecule has 0 radical (unpaired) electrons. The van der Waals surface area contributed by atoms with E-state index < -0.39 is 0 Å². The summed E-state index contributed by atoms with van der Waals surface area (Å²) in [5.41, 5.74) is 2.00. The number of hydrogen-bond acceptors (Lipinski definition) is 5. The summed E-state index contributed by atoms with van der Waals surface area (Å²) in [6, 6.07) is 19.6. The van der Waals surface area contributed by atoms with Crippen LogP contribution < -0.4 is 20.1 Å². The number of methoxy groups -OCH3 is 2. The standard InChI is InChI=1S/C23H26N2O3S/c1-16(19-14-18(27-2)11-12-20(19)28-3)25-22(26)15-24-23(21-10-7-13-29-21)17-8-5-4-6-9-17/h4-14,16,23-24H,15H2,1-3H3,(H,25,26)/t16-,23-/m0/s1. The lowest BCUT2D eigenvalue weighted by atomic mass is 10.1. The molecule has 0 unspecified atom stereocenters. The van der Waals surface area contributed by atoms with E-state index in [0.29, 0.717) is 5.75 Å². The van der Waals surface area contributed by atoms with Gasteiger partial charge in [0.2, 0.25) is 5.91 Å². The number of rotatable bonds is 9. The molecule has 2 N–H and O–H groups in total. The van der Waals surface area contributed by atoms with Gasteiger partial charge in [0, 0.05) is 10.4 Å². The smallest absolute Gasteiger partial charge is 0.234 e. The van der Waals surface area contributed by atoms with Crippen LogP contribution in [-0.2, 0) is 4.79 Å². The van der Waals surface area contributed by atoms with Gasteiger partial charge in [0.25, 0.3) is 0 Å². The molecule has 0 spiro atoms. The maximum Gasteiger partial charge on any atom is 0.234 e. The van der Waals surface area contributed by atoms with E-state index in [1.807, 2.05) is 54.8 Å². The van der Waals surface area contributed by atoms with Crippen molar-refractivity contribution in [2.75, 3.05) is 20.8 Å². The Morgan fingerprint density at radius 2 is 1.83 bits per heavy atom. The quantitative estimate of drug-likeness (QED) is 0.552. The van der Waals surface area contributed by atoms with Crippen molar-refractivity contribution < 1.29 is 14.3 Å². The molecule has 0 saturated carbocycles. The Balaban J connectivity index is 1.67. The van der Waals surface area contributed by atoms with E-state index in [9.17, 15) is 4.79 Å². The van der Waals surface area contributed by atoms with E-state index in [-0.39, 0.29) is 24.5 Å². The van der Waals surface area contributed by atoms with Gasteiger partial charge in [-0.3, -0.25) is 10.1 Å². The molecule has 1 amide bonds. The fraction of sp³-hybridized carbons (Fsp3) is 0.261. The highest BCUT2D eigenvalue weighted by atomic mass is 32.1. The van der Waals surface area contributed by atoms with Gasteiger partial charge in [0.1, 0.15) is 11.5 Å². The molecule has 0 aliphatic carbocycles. The van der Waals surface area contributed by atoms with Gasteiger partial charge in [-0.25, -0.2) is 0 Å². The third-order valence-corrected chi connectivity index (χ3v) is 5.65. The Labute approximate surface area is 175 Å². The third kappa shape index (κ3) is 5.37. The summed E-state index contributed by atoms with van der Waals surface area (Å²) in [5, 5.41) is 8.48. The molecule has 2 atom stereocenters. The summed E-state index contributed by atoms with van der Waals surface area (Å²) < 4.78 is 10.7. The first-order valence-corrected chi connectivity index (χ1v) is 10.3. The number of hydrogen-bond donors (Lipinski definition) is 2. The molecule has 0 saturated heterocycles. The molecule has 0 aliphatic heterocycles. The number of nitrogens with one attached hydrogen (secondary N) is 2. The second-order valence-corrected chi connectivity index (χ2v) is 7.62. The zero-order valence-corrected chi connectivity index (χ0v) is 17.7. The fourth-order valence-electron chi connectivity index (χ4n) is 3.23. The second-order valence-electron chi connectivity index (χ2n) is 6.64. The summed E-state index contributed by atoms with van der Waals surface area (Å²) in [7, 11) is 3.24. The normalized spacial score (nSPS) is 12.8. The van der Waals surface area contributed by atoms with Crippen LogP contribution in [0.2, 0.25) is 0 Å². The van der Waals surface area contributed by atoms with Gasteiger partial charge in [-0.2, -0.15) is 0 Å². The lowest BCUT2D eigenvalue weighted by molar-refractivity contribution is -0.121. The van der Waals surface area contributed by atoms with Crippen LogP contribution in [0.5, 0.6) is 11.5 Å². The summed E-state index contributed by atoms with van der Waals surface area (Å²) in [6.07, 6.45) is 0. The second kappa shape index (κ2) is 10.1. The van der Waals surface area contributed by atoms with E-state index in [4.69, 9.17) is 9.47 Å². The molecule has 2 aromatic carbocycles. The van der Waals surface area contributed by atoms with Crippen LogP contribution >= 0.6 is 11.3 Å². The number of ether oxygens (including phenoxy) is 2. The van der Waals surface area contributed by atoms with Gasteiger partial charge >= 0.3 is 0 Å². The summed E-state index contributed by atoms with van der Waals surface area (Å²) in [6.45, 7) is 2.14. The molecular formula is C23H26N2O3S. The predicted molar refractivity (Wildman–Crippen MR) is 117 cm³/mol. The van der Waals surface area contributed by atoms with Crippen molar-refractivity contribution in [1.29, 1.82) is 0 Å². The van der Waals surface area contributed by atoms with Crippen molar-refractivity contribution in [3.05, 3.63) is 82.0 Å². The van der Waals surface area contributed by atoms with Gasteiger partial charge in [-0.05, 0) is 42.1 Å². The zero-order chi connectivity index (χ0) is 20.6. The SMILES string of the molecule is COc1ccc(OC)c([C@H](C)NC(=O)CN[C@@H](c2ccccc2)c2cccs2)c1. The monoisotopic (exact) mass is 410 g/mol. The Morgan fingerprint density at radius 1 is 1.03 bits per heavy atom. The maximum atomic E-state index is 12.6. The predicted octanol–water partition coefficient (Wildman–Crippen LogP) is 4.32. The molecule has 29 heavy (non-hydrogen) atoms. The fourth-order valence-corrected chi connectivity index (χ4v) is 4.05. The van der Waals surface area contributed by atoms with Crippen LogP contribution in [0.4, 0.5) is 0 Å². The van der Waals surface area contributed by atoms with E-state index in [1.165, 1.54) is 4.88 Å². The van der Waals surface area contributed by atoms with Crippen molar-refractivity contribution in [3.8, 4) is 11.5 Å². The number of thiophene rings is 1. The van der Waals surface area contributed by atoms with Crippen molar-refractivity contribution >= 4 is 17.2 Å². The number of benzene rings is 2. The van der Waals surface area contributed by atoms with Crippen molar-refractivity contribution in [2.24, 2.45) is 0 Å². The van der Waals surface area contributed by atoms with Gasteiger partial charge < -0.3 is 14.8 Å². The van der Waals surface area contributed by atoms with Crippen LogP contribution in [0.25, 0.3) is 0 Å². The van der Waals surface area contributed by atoms with E-state index >= 15 is 0 Å². The zero-order valence-electron chi connectivity index (χ0n) is 16.8. The number of carbonyl (C=O) groups is 1. The molecule has 1 aromatic heterocycles. The van der Waals surface area contributed by atoms with Gasteiger partial charge in [-0.15, -0.1) is 11.3 Å². The Bertz CT molecular complexity index is 913. The Kier molecular flexibility index (Phi) is 7.27. The number of carbonyl (C=O) groups excluding carboxylic acids is 1. The topological polar surface area (TPSA) is 59.6 Å². The first-order valence-electron chi connectivity index (χ1n) is 9.45. The Morgan fingerprint density at radius 3 is 2.48 bits per heavy atom. The maximum absolute atomic E-state index is 12.6. The molecule has 0 bridgehead atoms. The van der Waals surface area contributed by atoms with Crippen LogP contribution in [0.15, 0.2) is 66.0 Å². The molecule has 5 nitrogen and oxygen atoms in total. The minimum atomic E-state index is -0.216. The van der Waals surface area contributed by atoms with E-state index in [0.717, 1.165) is 16.9 Å². The van der Waals surface area contributed by atoms with Gasteiger partial charge in [0.05, 0.1) is 32.8 Å². The lowest BCUT2D eigenvalue weighted by Gasteiger charge is -2.21. The third-order valence-electron chi connectivity index (χ3n) is 4.71. The first kappa shape index (κ1) is 20.9. The minimum absolute atomic E-state index is 0.0244. The molecule has 0 fully saturated rings. The largest absolute Gasteiger partial charge is 0.497 e. The van der Waals surface area contributed by atoms with Crippen LogP contribution in [0.3, 0.4) is 0 Å². The highest BCUT2D eigenvalue weighted by Gasteiger charge is 2.18. The molecule has 6 heteroatoms. The Hall–Kier alpha value is -2.83.